The number of hydrogen-bond donors (Lipinski definition) is 1. The second kappa shape index (κ2) is 8.96. The maximum Gasteiger partial charge on any atom is 0.131 e. The van der Waals surface area contributed by atoms with Crippen LogP contribution in [-0.4, -0.2) is 22.3 Å². The Kier molecular flexibility index (Phi) is 5.87. The van der Waals surface area contributed by atoms with Gasteiger partial charge in [0.1, 0.15) is 17.1 Å². The van der Waals surface area contributed by atoms with Crippen LogP contribution in [0, 0.1) is 6.92 Å². The fraction of sp³-hybridized carbons (Fsp3) is 0.192. The number of aromatic nitrogens is 2. The van der Waals surface area contributed by atoms with E-state index in [2.05, 4.69) is 87.6 Å². The van der Waals surface area contributed by atoms with Gasteiger partial charge in [0.2, 0.25) is 0 Å². The van der Waals surface area contributed by atoms with Crippen LogP contribution in [0.2, 0.25) is 5.15 Å². The van der Waals surface area contributed by atoms with Crippen molar-refractivity contribution in [3.05, 3.63) is 88.4 Å². The zero-order valence-corrected chi connectivity index (χ0v) is 20.2. The molecule has 0 spiro atoms. The molecule has 0 fully saturated rings. The van der Waals surface area contributed by atoms with Crippen LogP contribution < -0.4 is 10.2 Å². The predicted octanol–water partition coefficient (Wildman–Crippen LogP) is 6.75. The summed E-state index contributed by atoms with van der Waals surface area (Å²) < 4.78 is 1.17. The number of hydrogen-bond acceptors (Lipinski definition) is 6. The van der Waals surface area contributed by atoms with Crippen molar-refractivity contribution < 1.29 is 0 Å². The Morgan fingerprint density at radius 2 is 1.97 bits per heavy atom. The van der Waals surface area contributed by atoms with Crippen LogP contribution >= 0.6 is 22.9 Å². The minimum absolute atomic E-state index is 0.00970. The maximum atomic E-state index is 6.11. The van der Waals surface area contributed by atoms with Gasteiger partial charge in [-0.15, -0.1) is 11.3 Å². The number of benzene rings is 2. The molecule has 0 saturated carbocycles. The molecule has 0 saturated heterocycles. The van der Waals surface area contributed by atoms with Gasteiger partial charge in [-0.05, 0) is 73.9 Å². The van der Waals surface area contributed by atoms with E-state index in [4.69, 9.17) is 11.6 Å². The number of anilines is 1. The van der Waals surface area contributed by atoms with Gasteiger partial charge in [-0.25, -0.2) is 9.97 Å². The summed E-state index contributed by atoms with van der Waals surface area (Å²) in [5.74, 6) is 1.02. The highest BCUT2D eigenvalue weighted by Gasteiger charge is 2.22. The Labute approximate surface area is 202 Å². The summed E-state index contributed by atoms with van der Waals surface area (Å²) in [6.07, 6.45) is 5.72. The van der Waals surface area contributed by atoms with Crippen LogP contribution in [0.1, 0.15) is 31.0 Å². The van der Waals surface area contributed by atoms with Crippen molar-refractivity contribution in [2.24, 2.45) is 4.99 Å². The smallest absolute Gasteiger partial charge is 0.131 e. The Balaban J connectivity index is 1.42. The number of pyridine rings is 1. The van der Waals surface area contributed by atoms with Gasteiger partial charge in [0.15, 0.2) is 0 Å². The molecule has 166 valence electrons. The zero-order valence-electron chi connectivity index (χ0n) is 18.7. The van der Waals surface area contributed by atoms with Gasteiger partial charge >= 0.3 is 0 Å². The van der Waals surface area contributed by atoms with Crippen molar-refractivity contribution in [1.29, 1.82) is 0 Å². The fourth-order valence-corrected chi connectivity index (χ4v) is 4.87. The molecule has 2 atom stereocenters. The average Bonchev–Trinajstić information content (AvgIpc) is 3.29. The van der Waals surface area contributed by atoms with E-state index < -0.39 is 0 Å². The van der Waals surface area contributed by atoms with Crippen molar-refractivity contribution >= 4 is 45.1 Å². The molecule has 7 heteroatoms. The molecule has 3 heterocycles. The molecule has 0 aliphatic carbocycles. The van der Waals surface area contributed by atoms with Gasteiger partial charge in [-0.1, -0.05) is 29.8 Å². The van der Waals surface area contributed by atoms with E-state index in [1.54, 1.807) is 11.3 Å². The molecule has 1 N–H and O–H groups in total. The molecule has 0 radical (unpaired) electrons. The van der Waals surface area contributed by atoms with Gasteiger partial charge < -0.3 is 10.2 Å². The summed E-state index contributed by atoms with van der Waals surface area (Å²) in [7, 11) is 0. The summed E-state index contributed by atoms with van der Waals surface area (Å²) in [6, 6.07) is 17.1. The Morgan fingerprint density at radius 3 is 2.82 bits per heavy atom. The first-order valence-corrected chi connectivity index (χ1v) is 12.1. The van der Waals surface area contributed by atoms with Crippen molar-refractivity contribution in [1.82, 2.24) is 15.3 Å². The molecule has 1 aliphatic rings. The molecule has 0 bridgehead atoms. The topological polar surface area (TPSA) is 53.4 Å². The molecular formula is C26H24ClN5S. The number of fused-ring (bicyclic) bond motifs is 1. The lowest BCUT2D eigenvalue weighted by Gasteiger charge is -2.35. The molecule has 33 heavy (non-hydrogen) atoms. The maximum absolute atomic E-state index is 6.11. The molecule has 2 aromatic heterocycles. The van der Waals surface area contributed by atoms with E-state index in [9.17, 15) is 0 Å². The third-order valence-electron chi connectivity index (χ3n) is 5.86. The monoisotopic (exact) mass is 473 g/mol. The van der Waals surface area contributed by atoms with Gasteiger partial charge in [-0.2, -0.15) is 0 Å². The van der Waals surface area contributed by atoms with E-state index in [0.717, 1.165) is 33.7 Å². The van der Waals surface area contributed by atoms with Crippen LogP contribution in [0.25, 0.3) is 21.3 Å². The average molecular weight is 474 g/mol. The number of thiazole rings is 1. The Morgan fingerprint density at radius 1 is 1.09 bits per heavy atom. The SMILES string of the molecule is Cc1cc(-c2cccc([C@H](C)NC3=CC=NC(C)N3c3ccc4ncsc4c3)c2)cnc1Cl. The lowest BCUT2D eigenvalue weighted by atomic mass is 10.0. The van der Waals surface area contributed by atoms with E-state index >= 15 is 0 Å². The molecule has 5 nitrogen and oxygen atoms in total. The zero-order chi connectivity index (χ0) is 22.9. The highest BCUT2D eigenvalue weighted by atomic mass is 35.5. The van der Waals surface area contributed by atoms with Gasteiger partial charge in [-0.3, -0.25) is 4.99 Å². The third-order valence-corrected chi connectivity index (χ3v) is 7.05. The van der Waals surface area contributed by atoms with E-state index in [1.165, 1.54) is 10.3 Å². The lowest BCUT2D eigenvalue weighted by molar-refractivity contribution is 0.593. The number of nitrogens with one attached hydrogen (secondary N) is 1. The van der Waals surface area contributed by atoms with Crippen LogP contribution in [0.5, 0.6) is 0 Å². The van der Waals surface area contributed by atoms with E-state index in [-0.39, 0.29) is 12.2 Å². The lowest BCUT2D eigenvalue weighted by Crippen LogP contribution is -2.40. The van der Waals surface area contributed by atoms with Crippen LogP contribution in [0.4, 0.5) is 5.69 Å². The van der Waals surface area contributed by atoms with Crippen LogP contribution in [-0.2, 0) is 0 Å². The standard InChI is InChI=1S/C26H24ClN5S/c1-16-11-21(14-29-26(16)27)20-6-4-5-19(12-20)17(2)31-25-9-10-28-18(3)32(25)22-7-8-23-24(13-22)33-15-30-23/h4-15,17-18,31H,1-3H3/t17-,18?/m0/s1. The first-order chi connectivity index (χ1) is 16.0. The van der Waals surface area contributed by atoms with E-state index in [1.807, 2.05) is 30.9 Å². The molecule has 2 aromatic carbocycles. The number of allylic oxidation sites excluding steroid dienone is 1. The predicted molar refractivity (Wildman–Crippen MR) is 139 cm³/mol. The number of halogens is 1. The highest BCUT2D eigenvalue weighted by molar-refractivity contribution is 7.16. The summed E-state index contributed by atoms with van der Waals surface area (Å²) in [5, 5.41) is 4.25. The Hall–Kier alpha value is -3.22. The molecular weight excluding hydrogens is 450 g/mol. The summed E-state index contributed by atoms with van der Waals surface area (Å²) in [6.45, 7) is 6.25. The highest BCUT2D eigenvalue weighted by Crippen LogP contribution is 2.31. The van der Waals surface area contributed by atoms with Crippen molar-refractivity contribution in [2.45, 2.75) is 33.0 Å². The summed E-state index contributed by atoms with van der Waals surface area (Å²) >= 11 is 7.77. The molecule has 1 aliphatic heterocycles. The second-order valence-corrected chi connectivity index (χ2v) is 9.42. The first kappa shape index (κ1) is 21.6. The number of aryl methyl sites for hydroxylation is 1. The number of nitrogens with zero attached hydrogens (tertiary/aromatic N) is 4. The molecule has 0 amide bonds. The first-order valence-electron chi connectivity index (χ1n) is 10.8. The second-order valence-electron chi connectivity index (χ2n) is 8.18. The minimum Gasteiger partial charge on any atom is -0.365 e. The number of aliphatic imine (C=N–C) groups is 1. The van der Waals surface area contributed by atoms with Gasteiger partial charge in [0, 0.05) is 29.7 Å². The summed E-state index contributed by atoms with van der Waals surface area (Å²) in [5.41, 5.74) is 8.34. The number of rotatable bonds is 5. The van der Waals surface area contributed by atoms with Crippen molar-refractivity contribution in [2.75, 3.05) is 4.90 Å². The van der Waals surface area contributed by atoms with E-state index in [0.29, 0.717) is 5.15 Å². The minimum atomic E-state index is -0.00970. The van der Waals surface area contributed by atoms with Crippen LogP contribution in [0.15, 0.2) is 77.1 Å². The van der Waals surface area contributed by atoms with Crippen molar-refractivity contribution in [3.8, 4) is 11.1 Å². The summed E-state index contributed by atoms with van der Waals surface area (Å²) in [4.78, 5) is 15.5. The van der Waals surface area contributed by atoms with Gasteiger partial charge in [0.05, 0.1) is 15.7 Å². The third kappa shape index (κ3) is 4.36. The fourth-order valence-electron chi connectivity index (χ4n) is 4.06. The quantitative estimate of drug-likeness (QED) is 0.326. The van der Waals surface area contributed by atoms with Crippen LogP contribution in [0.3, 0.4) is 0 Å². The molecule has 1 unspecified atom stereocenters. The Bertz CT molecular complexity index is 1380. The largest absolute Gasteiger partial charge is 0.365 e. The molecule has 4 aromatic rings. The molecule has 5 rings (SSSR count). The van der Waals surface area contributed by atoms with Gasteiger partial charge in [0.25, 0.3) is 0 Å². The normalized spacial score (nSPS) is 16.7. The van der Waals surface area contributed by atoms with Crippen molar-refractivity contribution in [3.63, 3.8) is 0 Å².